The molecule has 0 atom stereocenters. The predicted octanol–water partition coefficient (Wildman–Crippen LogP) is 3.62. The average molecular weight is 310 g/mol. The number of hydrogen-bond donors (Lipinski definition) is 1. The Kier molecular flexibility index (Phi) is 3.21. The Morgan fingerprint density at radius 3 is 2.87 bits per heavy atom. The average Bonchev–Trinajstić information content (AvgIpc) is 2.58. The van der Waals surface area contributed by atoms with Gasteiger partial charge in [-0.1, -0.05) is 23.2 Å². The molecular formula is C9H7BrCl2N2O. The van der Waals surface area contributed by atoms with Crippen LogP contribution >= 0.6 is 39.1 Å². The van der Waals surface area contributed by atoms with Crippen LogP contribution in [-0.4, -0.2) is 12.0 Å². The maximum Gasteiger partial charge on any atom is 0.209 e. The van der Waals surface area contributed by atoms with E-state index in [4.69, 9.17) is 27.6 Å². The number of fused-ring (bicyclic) bond motifs is 1. The first kappa shape index (κ1) is 11.2. The molecule has 0 bridgehead atoms. The molecule has 0 aliphatic heterocycles. The van der Waals surface area contributed by atoms with Gasteiger partial charge in [-0.25, -0.2) is 4.98 Å². The minimum absolute atomic E-state index is 0.385. The van der Waals surface area contributed by atoms with Crippen molar-refractivity contribution in [2.45, 2.75) is 6.54 Å². The summed E-state index contributed by atoms with van der Waals surface area (Å²) in [5.74, 6) is 0.587. The maximum absolute atomic E-state index is 6.03. The van der Waals surface area contributed by atoms with Crippen LogP contribution in [-0.2, 0) is 6.54 Å². The SMILES string of the molecule is CNCc1nc2cc(Br)c(Cl)c(Cl)c2o1. The topological polar surface area (TPSA) is 38.1 Å². The van der Waals surface area contributed by atoms with Gasteiger partial charge in [0.2, 0.25) is 5.89 Å². The summed E-state index contributed by atoms with van der Waals surface area (Å²) < 4.78 is 6.18. The number of nitrogens with zero attached hydrogens (tertiary/aromatic N) is 1. The number of halogens is 3. The van der Waals surface area contributed by atoms with E-state index in [0.29, 0.717) is 38.1 Å². The largest absolute Gasteiger partial charge is 0.438 e. The number of hydrogen-bond acceptors (Lipinski definition) is 3. The van der Waals surface area contributed by atoms with Gasteiger partial charge >= 0.3 is 0 Å². The highest BCUT2D eigenvalue weighted by atomic mass is 79.9. The van der Waals surface area contributed by atoms with Crippen LogP contribution in [0.5, 0.6) is 0 Å². The Bertz CT molecular complexity index is 512. The highest BCUT2D eigenvalue weighted by molar-refractivity contribution is 9.10. The Balaban J connectivity index is 2.65. The van der Waals surface area contributed by atoms with Gasteiger partial charge in [-0.2, -0.15) is 0 Å². The van der Waals surface area contributed by atoms with Gasteiger partial charge in [-0.05, 0) is 29.0 Å². The molecule has 15 heavy (non-hydrogen) atoms. The number of oxazole rings is 1. The third kappa shape index (κ3) is 1.99. The van der Waals surface area contributed by atoms with Crippen molar-refractivity contribution >= 4 is 50.2 Å². The molecule has 1 aromatic heterocycles. The van der Waals surface area contributed by atoms with E-state index >= 15 is 0 Å². The summed E-state index contributed by atoms with van der Waals surface area (Å²) in [6, 6.07) is 1.78. The fraction of sp³-hybridized carbons (Fsp3) is 0.222. The third-order valence-electron chi connectivity index (χ3n) is 1.89. The summed E-state index contributed by atoms with van der Waals surface area (Å²) >= 11 is 15.3. The second-order valence-corrected chi connectivity index (χ2v) is 4.58. The number of aromatic nitrogens is 1. The Labute approximate surface area is 105 Å². The summed E-state index contributed by atoms with van der Waals surface area (Å²) in [5, 5.41) is 3.78. The molecule has 1 N–H and O–H groups in total. The Morgan fingerprint density at radius 1 is 1.47 bits per heavy atom. The van der Waals surface area contributed by atoms with Crippen molar-refractivity contribution < 1.29 is 4.42 Å². The molecule has 0 saturated heterocycles. The van der Waals surface area contributed by atoms with Crippen LogP contribution in [0.15, 0.2) is 15.0 Å². The van der Waals surface area contributed by atoms with Gasteiger partial charge in [0.25, 0.3) is 0 Å². The van der Waals surface area contributed by atoms with Gasteiger partial charge in [0.05, 0.1) is 11.6 Å². The third-order valence-corrected chi connectivity index (χ3v) is 3.59. The van der Waals surface area contributed by atoms with Crippen LogP contribution < -0.4 is 5.32 Å². The number of rotatable bonds is 2. The van der Waals surface area contributed by atoms with Crippen molar-refractivity contribution in [3.63, 3.8) is 0 Å². The fourth-order valence-electron chi connectivity index (χ4n) is 1.25. The summed E-state index contributed by atoms with van der Waals surface area (Å²) in [6.45, 7) is 0.556. The van der Waals surface area contributed by atoms with E-state index in [1.165, 1.54) is 0 Å². The molecule has 0 radical (unpaired) electrons. The molecule has 0 fully saturated rings. The zero-order valence-electron chi connectivity index (χ0n) is 7.77. The molecule has 0 amide bonds. The second kappa shape index (κ2) is 4.29. The van der Waals surface area contributed by atoms with Crippen LogP contribution in [0.4, 0.5) is 0 Å². The van der Waals surface area contributed by atoms with Crippen LogP contribution in [0.2, 0.25) is 10.0 Å². The lowest BCUT2D eigenvalue weighted by molar-refractivity contribution is 0.511. The molecule has 2 rings (SSSR count). The zero-order valence-corrected chi connectivity index (χ0v) is 10.9. The minimum Gasteiger partial charge on any atom is -0.438 e. The minimum atomic E-state index is 0.385. The van der Waals surface area contributed by atoms with Crippen molar-refractivity contribution in [2.75, 3.05) is 7.05 Å². The Hall–Kier alpha value is -0.290. The van der Waals surface area contributed by atoms with Crippen molar-refractivity contribution in [1.82, 2.24) is 10.3 Å². The molecule has 0 spiro atoms. The Morgan fingerprint density at radius 2 is 2.20 bits per heavy atom. The quantitative estimate of drug-likeness (QED) is 0.861. The molecule has 0 saturated carbocycles. The van der Waals surface area contributed by atoms with E-state index in [0.717, 1.165) is 0 Å². The first-order valence-corrected chi connectivity index (χ1v) is 5.76. The predicted molar refractivity (Wildman–Crippen MR) is 64.5 cm³/mol. The summed E-state index contributed by atoms with van der Waals surface area (Å²) in [7, 11) is 1.82. The fourth-order valence-corrected chi connectivity index (χ4v) is 2.15. The lowest BCUT2D eigenvalue weighted by Gasteiger charge is -1.97. The lowest BCUT2D eigenvalue weighted by Crippen LogP contribution is -2.04. The van der Waals surface area contributed by atoms with Gasteiger partial charge in [-0.3, -0.25) is 0 Å². The molecule has 0 aliphatic carbocycles. The van der Waals surface area contributed by atoms with E-state index < -0.39 is 0 Å². The molecule has 0 unspecified atom stereocenters. The van der Waals surface area contributed by atoms with Gasteiger partial charge in [0.1, 0.15) is 10.5 Å². The maximum atomic E-state index is 6.03. The normalized spacial score (nSPS) is 11.2. The molecular weight excluding hydrogens is 303 g/mol. The first-order valence-electron chi connectivity index (χ1n) is 4.21. The molecule has 0 aliphatic rings. The number of nitrogens with one attached hydrogen (secondary N) is 1. The monoisotopic (exact) mass is 308 g/mol. The van der Waals surface area contributed by atoms with Crippen molar-refractivity contribution in [3.8, 4) is 0 Å². The highest BCUT2D eigenvalue weighted by Crippen LogP contribution is 2.37. The van der Waals surface area contributed by atoms with E-state index in [2.05, 4.69) is 26.2 Å². The highest BCUT2D eigenvalue weighted by Gasteiger charge is 2.14. The molecule has 2 aromatic rings. The van der Waals surface area contributed by atoms with E-state index in [1.54, 1.807) is 6.07 Å². The lowest BCUT2D eigenvalue weighted by atomic mass is 10.3. The van der Waals surface area contributed by atoms with Crippen LogP contribution in [0, 0.1) is 0 Å². The van der Waals surface area contributed by atoms with Crippen LogP contribution in [0.25, 0.3) is 11.1 Å². The van der Waals surface area contributed by atoms with Crippen molar-refractivity contribution in [3.05, 3.63) is 26.5 Å². The standard InChI is InChI=1S/C9H7BrCl2N2O/c1-13-3-6-14-5-2-4(10)7(11)8(12)9(5)15-6/h2,13H,3H2,1H3. The smallest absolute Gasteiger partial charge is 0.209 e. The van der Waals surface area contributed by atoms with E-state index in [9.17, 15) is 0 Å². The van der Waals surface area contributed by atoms with Crippen LogP contribution in [0.1, 0.15) is 5.89 Å². The first-order chi connectivity index (χ1) is 7.13. The van der Waals surface area contributed by atoms with Gasteiger partial charge < -0.3 is 9.73 Å². The van der Waals surface area contributed by atoms with Gasteiger partial charge in [0, 0.05) is 4.47 Å². The molecule has 3 nitrogen and oxygen atoms in total. The summed E-state index contributed by atoms with van der Waals surface area (Å²) in [4.78, 5) is 4.26. The van der Waals surface area contributed by atoms with Gasteiger partial charge in [0.15, 0.2) is 5.58 Å². The molecule has 1 aromatic carbocycles. The van der Waals surface area contributed by atoms with E-state index in [1.807, 2.05) is 7.05 Å². The number of benzene rings is 1. The second-order valence-electron chi connectivity index (χ2n) is 2.97. The van der Waals surface area contributed by atoms with Crippen LogP contribution in [0.3, 0.4) is 0 Å². The molecule has 1 heterocycles. The van der Waals surface area contributed by atoms with Crippen molar-refractivity contribution in [2.24, 2.45) is 0 Å². The molecule has 6 heteroatoms. The zero-order chi connectivity index (χ0) is 11.0. The summed E-state index contributed by atoms with van der Waals surface area (Å²) in [6.07, 6.45) is 0. The van der Waals surface area contributed by atoms with Crippen molar-refractivity contribution in [1.29, 1.82) is 0 Å². The van der Waals surface area contributed by atoms with E-state index in [-0.39, 0.29) is 0 Å². The molecule has 80 valence electrons. The summed E-state index contributed by atoms with van der Waals surface area (Å²) in [5.41, 5.74) is 1.22. The van der Waals surface area contributed by atoms with Gasteiger partial charge in [-0.15, -0.1) is 0 Å².